The van der Waals surface area contributed by atoms with E-state index in [1.54, 1.807) is 6.21 Å². The van der Waals surface area contributed by atoms with Crippen molar-refractivity contribution < 1.29 is 0 Å². The third kappa shape index (κ3) is 3.57. The summed E-state index contributed by atoms with van der Waals surface area (Å²) in [6, 6.07) is 11.2. The maximum atomic E-state index is 5.79. The third-order valence-corrected chi connectivity index (χ3v) is 2.46. The highest BCUT2D eigenvalue weighted by atomic mass is 35.5. The van der Waals surface area contributed by atoms with E-state index in [1.807, 2.05) is 60.4 Å². The Kier molecular flexibility index (Phi) is 3.73. The lowest BCUT2D eigenvalue weighted by Gasteiger charge is -1.93. The predicted octanol–water partition coefficient (Wildman–Crippen LogP) is 2.61. The van der Waals surface area contributed by atoms with Gasteiger partial charge in [0.05, 0.1) is 11.6 Å². The van der Waals surface area contributed by atoms with Crippen molar-refractivity contribution in [3.8, 4) is 0 Å². The number of pyridine rings is 1. The van der Waals surface area contributed by atoms with Crippen molar-refractivity contribution in [1.82, 2.24) is 4.57 Å². The topological polar surface area (TPSA) is 29.6 Å². The Hall–Kier alpha value is -1.87. The summed E-state index contributed by atoms with van der Waals surface area (Å²) in [6.45, 7) is 0. The number of nitrogens with zero attached hydrogens (tertiary/aromatic N) is 3. The summed E-state index contributed by atoms with van der Waals surface area (Å²) in [7, 11) is 1.96. The first kappa shape index (κ1) is 11.6. The quantitative estimate of drug-likeness (QED) is 0.575. The standard InChI is InChI=1S/C13H12ClN3/c1-17-8-6-13(7-9-17)16-15-10-11-2-4-12(14)5-3-11/h2-10H,1H3/b15-10-. The Morgan fingerprint density at radius 1 is 1.06 bits per heavy atom. The molecule has 0 fully saturated rings. The fourth-order valence-corrected chi connectivity index (χ4v) is 1.40. The molecule has 0 amide bonds. The SMILES string of the molecule is Cn1ccc(=N/N=C\c2ccc(Cl)cc2)cc1. The zero-order valence-electron chi connectivity index (χ0n) is 9.42. The molecule has 0 radical (unpaired) electrons. The molecule has 0 aliphatic rings. The molecule has 0 saturated heterocycles. The van der Waals surface area contributed by atoms with Crippen LogP contribution in [0.15, 0.2) is 59.0 Å². The van der Waals surface area contributed by atoms with Gasteiger partial charge in [-0.3, -0.25) is 0 Å². The van der Waals surface area contributed by atoms with E-state index in [0.717, 1.165) is 15.9 Å². The van der Waals surface area contributed by atoms with Gasteiger partial charge in [0.15, 0.2) is 0 Å². The summed E-state index contributed by atoms with van der Waals surface area (Å²) < 4.78 is 1.95. The monoisotopic (exact) mass is 245 g/mol. The Bertz CT molecular complexity index is 562. The molecule has 1 aromatic heterocycles. The van der Waals surface area contributed by atoms with Crippen LogP contribution in [0.1, 0.15) is 5.56 Å². The summed E-state index contributed by atoms with van der Waals surface area (Å²) in [4.78, 5) is 0. The lowest BCUT2D eigenvalue weighted by atomic mass is 10.2. The van der Waals surface area contributed by atoms with Crippen LogP contribution in [0.5, 0.6) is 0 Å². The van der Waals surface area contributed by atoms with Gasteiger partial charge in [-0.25, -0.2) is 0 Å². The van der Waals surface area contributed by atoms with Crippen LogP contribution in [-0.4, -0.2) is 10.8 Å². The molecule has 0 unspecified atom stereocenters. The van der Waals surface area contributed by atoms with Crippen molar-refractivity contribution in [2.45, 2.75) is 0 Å². The van der Waals surface area contributed by atoms with E-state index in [9.17, 15) is 0 Å². The van der Waals surface area contributed by atoms with Gasteiger partial charge in [-0.1, -0.05) is 23.7 Å². The van der Waals surface area contributed by atoms with Gasteiger partial charge in [0.2, 0.25) is 0 Å². The van der Waals surface area contributed by atoms with Crippen molar-refractivity contribution >= 4 is 17.8 Å². The molecule has 2 rings (SSSR count). The minimum atomic E-state index is 0.717. The average molecular weight is 246 g/mol. The number of rotatable bonds is 2. The largest absolute Gasteiger partial charge is 0.357 e. The van der Waals surface area contributed by atoms with Crippen molar-refractivity contribution in [2.24, 2.45) is 17.3 Å². The number of hydrogen-bond acceptors (Lipinski definition) is 2. The Labute approximate surface area is 105 Å². The molecule has 0 aliphatic heterocycles. The van der Waals surface area contributed by atoms with E-state index in [2.05, 4.69) is 10.2 Å². The van der Waals surface area contributed by atoms with Gasteiger partial charge >= 0.3 is 0 Å². The highest BCUT2D eigenvalue weighted by Gasteiger charge is 1.87. The van der Waals surface area contributed by atoms with E-state index in [4.69, 9.17) is 11.6 Å². The van der Waals surface area contributed by atoms with Gasteiger partial charge in [-0.2, -0.15) is 10.2 Å². The molecule has 0 bridgehead atoms. The van der Waals surface area contributed by atoms with E-state index >= 15 is 0 Å². The third-order valence-electron chi connectivity index (χ3n) is 2.21. The molecule has 3 nitrogen and oxygen atoms in total. The summed E-state index contributed by atoms with van der Waals surface area (Å²) >= 11 is 5.79. The van der Waals surface area contributed by atoms with E-state index < -0.39 is 0 Å². The number of benzene rings is 1. The fraction of sp³-hybridized carbons (Fsp3) is 0.0769. The number of hydrogen-bond donors (Lipinski definition) is 0. The van der Waals surface area contributed by atoms with Crippen LogP contribution >= 0.6 is 11.6 Å². The summed E-state index contributed by atoms with van der Waals surface area (Å²) in [5, 5.41) is 9.65. The molecule has 0 atom stereocenters. The maximum absolute atomic E-state index is 5.79. The molecule has 17 heavy (non-hydrogen) atoms. The van der Waals surface area contributed by atoms with Gasteiger partial charge < -0.3 is 4.57 Å². The second-order valence-corrected chi connectivity index (χ2v) is 4.05. The first-order chi connectivity index (χ1) is 8.24. The number of halogens is 1. The molecule has 0 spiro atoms. The van der Waals surface area contributed by atoms with Crippen LogP contribution in [0.2, 0.25) is 5.02 Å². The molecule has 86 valence electrons. The van der Waals surface area contributed by atoms with Crippen molar-refractivity contribution in [3.05, 3.63) is 64.7 Å². The summed E-state index contributed by atoms with van der Waals surface area (Å²) in [5.41, 5.74) is 0.972. The minimum absolute atomic E-state index is 0.717. The summed E-state index contributed by atoms with van der Waals surface area (Å²) in [5.74, 6) is 0. The van der Waals surface area contributed by atoms with Gasteiger partial charge in [-0.05, 0) is 29.8 Å². The minimum Gasteiger partial charge on any atom is -0.357 e. The Morgan fingerprint density at radius 3 is 2.35 bits per heavy atom. The van der Waals surface area contributed by atoms with Crippen LogP contribution < -0.4 is 5.36 Å². The van der Waals surface area contributed by atoms with E-state index in [0.29, 0.717) is 0 Å². The first-order valence-corrected chi connectivity index (χ1v) is 5.57. The molecule has 0 N–H and O–H groups in total. The lowest BCUT2D eigenvalue weighted by molar-refractivity contribution is 0.894. The molecule has 4 heteroatoms. The predicted molar refractivity (Wildman–Crippen MR) is 70.0 cm³/mol. The molecular formula is C13H12ClN3. The average Bonchev–Trinajstić information content (AvgIpc) is 2.34. The van der Waals surface area contributed by atoms with Gasteiger partial charge in [0.1, 0.15) is 0 Å². The van der Waals surface area contributed by atoms with Crippen molar-refractivity contribution in [2.75, 3.05) is 0 Å². The van der Waals surface area contributed by atoms with Gasteiger partial charge in [0.25, 0.3) is 0 Å². The van der Waals surface area contributed by atoms with Gasteiger partial charge in [0, 0.05) is 24.5 Å². The number of aryl methyl sites for hydroxylation is 1. The molecule has 0 aliphatic carbocycles. The zero-order valence-corrected chi connectivity index (χ0v) is 10.2. The summed E-state index contributed by atoms with van der Waals surface area (Å²) in [6.07, 6.45) is 5.55. The molecular weight excluding hydrogens is 234 g/mol. The second kappa shape index (κ2) is 5.46. The van der Waals surface area contributed by atoms with Crippen LogP contribution in [0, 0.1) is 0 Å². The van der Waals surface area contributed by atoms with Crippen LogP contribution in [-0.2, 0) is 7.05 Å². The molecule has 1 heterocycles. The first-order valence-electron chi connectivity index (χ1n) is 5.19. The maximum Gasteiger partial charge on any atom is 0.0885 e. The molecule has 0 saturated carbocycles. The molecule has 2 aromatic rings. The highest BCUT2D eigenvalue weighted by molar-refractivity contribution is 6.30. The van der Waals surface area contributed by atoms with Crippen LogP contribution in [0.3, 0.4) is 0 Å². The lowest BCUT2D eigenvalue weighted by Crippen LogP contribution is -2.01. The Balaban J connectivity index is 2.14. The van der Waals surface area contributed by atoms with E-state index in [1.165, 1.54) is 0 Å². The zero-order chi connectivity index (χ0) is 12.1. The number of aromatic nitrogens is 1. The normalized spacial score (nSPS) is 10.7. The van der Waals surface area contributed by atoms with Crippen molar-refractivity contribution in [1.29, 1.82) is 0 Å². The van der Waals surface area contributed by atoms with Crippen molar-refractivity contribution in [3.63, 3.8) is 0 Å². The smallest absolute Gasteiger partial charge is 0.0885 e. The fourth-order valence-electron chi connectivity index (χ4n) is 1.27. The second-order valence-electron chi connectivity index (χ2n) is 3.62. The van der Waals surface area contributed by atoms with Crippen LogP contribution in [0.25, 0.3) is 0 Å². The van der Waals surface area contributed by atoms with Crippen LogP contribution in [0.4, 0.5) is 0 Å². The Morgan fingerprint density at radius 2 is 1.71 bits per heavy atom. The molecule has 1 aromatic carbocycles. The highest BCUT2D eigenvalue weighted by Crippen LogP contribution is 2.07. The van der Waals surface area contributed by atoms with E-state index in [-0.39, 0.29) is 0 Å². The van der Waals surface area contributed by atoms with Gasteiger partial charge in [-0.15, -0.1) is 0 Å².